The molecule has 1 unspecified atom stereocenters. The molecule has 1 amide bonds. The zero-order valence-electron chi connectivity index (χ0n) is 11.3. The number of rotatable bonds is 3. The molecule has 0 radical (unpaired) electrons. The lowest BCUT2D eigenvalue weighted by molar-refractivity contribution is -0.268. The van der Waals surface area contributed by atoms with E-state index >= 15 is 0 Å². The number of aromatic carboxylic acids is 1. The van der Waals surface area contributed by atoms with Crippen molar-refractivity contribution in [3.8, 4) is 5.75 Å². The summed E-state index contributed by atoms with van der Waals surface area (Å²) in [4.78, 5) is 31.2. The van der Waals surface area contributed by atoms with E-state index < -0.39 is 17.3 Å². The SMILES string of the molecule is CC(C)C1(C)N=C(c2ncc([O-])cc2C(=O)O)NC1=O. The van der Waals surface area contributed by atoms with Crippen LogP contribution in [0.4, 0.5) is 0 Å². The number of amides is 1. The number of carboxylic acid groups (broad SMARTS) is 1. The van der Waals surface area contributed by atoms with Gasteiger partial charge in [0.2, 0.25) is 0 Å². The van der Waals surface area contributed by atoms with Crippen LogP contribution in [-0.4, -0.2) is 33.3 Å². The highest BCUT2D eigenvalue weighted by atomic mass is 16.4. The third-order valence-electron chi connectivity index (χ3n) is 3.48. The first-order valence-electron chi connectivity index (χ1n) is 6.07. The highest BCUT2D eigenvalue weighted by molar-refractivity contribution is 6.17. The Morgan fingerprint density at radius 1 is 1.50 bits per heavy atom. The molecule has 2 rings (SSSR count). The van der Waals surface area contributed by atoms with Crippen molar-refractivity contribution in [1.82, 2.24) is 10.3 Å². The summed E-state index contributed by atoms with van der Waals surface area (Å²) in [5.41, 5.74) is -1.25. The predicted octanol–water partition coefficient (Wildman–Crippen LogP) is 0.144. The van der Waals surface area contributed by atoms with E-state index in [-0.39, 0.29) is 28.9 Å². The van der Waals surface area contributed by atoms with E-state index in [2.05, 4.69) is 15.3 Å². The Bertz CT molecular complexity index is 624. The Morgan fingerprint density at radius 2 is 2.15 bits per heavy atom. The van der Waals surface area contributed by atoms with Gasteiger partial charge in [-0.15, -0.1) is 0 Å². The van der Waals surface area contributed by atoms with Crippen LogP contribution < -0.4 is 10.4 Å². The standard InChI is InChI=1S/C13H15N3O4/c1-6(2)13(3)12(20)15-10(16-13)9-8(11(18)19)4-7(17)5-14-9/h4-6,17H,1-3H3,(H,18,19)(H,15,16,20)/p-1. The summed E-state index contributed by atoms with van der Waals surface area (Å²) in [6, 6.07) is 0.963. The molecule has 1 atom stereocenters. The number of carboxylic acids is 1. The minimum absolute atomic E-state index is 0.00479. The van der Waals surface area contributed by atoms with Crippen molar-refractivity contribution < 1.29 is 19.8 Å². The lowest BCUT2D eigenvalue weighted by atomic mass is 9.89. The molecule has 1 aliphatic heterocycles. The minimum Gasteiger partial charge on any atom is -0.871 e. The number of aliphatic imine (C=N–C) groups is 1. The summed E-state index contributed by atoms with van der Waals surface area (Å²) < 4.78 is 0. The molecule has 106 valence electrons. The highest BCUT2D eigenvalue weighted by Crippen LogP contribution is 2.27. The average Bonchev–Trinajstić information content (AvgIpc) is 2.66. The first-order valence-corrected chi connectivity index (χ1v) is 6.07. The van der Waals surface area contributed by atoms with Crippen molar-refractivity contribution >= 4 is 17.7 Å². The molecule has 20 heavy (non-hydrogen) atoms. The van der Waals surface area contributed by atoms with Gasteiger partial charge in [-0.05, 0) is 12.8 Å². The summed E-state index contributed by atoms with van der Waals surface area (Å²) in [5.74, 6) is -2.09. The highest BCUT2D eigenvalue weighted by Gasteiger charge is 2.42. The first-order chi connectivity index (χ1) is 9.25. The third-order valence-corrected chi connectivity index (χ3v) is 3.48. The number of carbonyl (C=O) groups is 2. The fourth-order valence-electron chi connectivity index (χ4n) is 1.85. The Hall–Kier alpha value is -2.44. The zero-order valence-corrected chi connectivity index (χ0v) is 11.3. The smallest absolute Gasteiger partial charge is 0.338 e. The quantitative estimate of drug-likeness (QED) is 0.815. The van der Waals surface area contributed by atoms with Gasteiger partial charge in [0.15, 0.2) is 5.84 Å². The molecular weight excluding hydrogens is 262 g/mol. The topological polar surface area (TPSA) is 115 Å². The van der Waals surface area contributed by atoms with Crippen LogP contribution in [0, 0.1) is 5.92 Å². The van der Waals surface area contributed by atoms with E-state index in [0.29, 0.717) is 0 Å². The van der Waals surface area contributed by atoms with Crippen molar-refractivity contribution in [2.24, 2.45) is 10.9 Å². The van der Waals surface area contributed by atoms with Crippen molar-refractivity contribution in [2.45, 2.75) is 26.3 Å². The van der Waals surface area contributed by atoms with Gasteiger partial charge in [-0.3, -0.25) is 9.78 Å². The molecule has 0 saturated carbocycles. The van der Waals surface area contributed by atoms with Gasteiger partial charge in [0.25, 0.3) is 5.91 Å². The summed E-state index contributed by atoms with van der Waals surface area (Å²) >= 11 is 0. The van der Waals surface area contributed by atoms with Crippen LogP contribution >= 0.6 is 0 Å². The van der Waals surface area contributed by atoms with E-state index in [1.807, 2.05) is 13.8 Å². The van der Waals surface area contributed by atoms with E-state index in [9.17, 15) is 14.7 Å². The Balaban J connectivity index is 2.54. The molecule has 0 aromatic carbocycles. The maximum atomic E-state index is 12.0. The van der Waals surface area contributed by atoms with Crippen LogP contribution in [0.2, 0.25) is 0 Å². The molecule has 0 spiro atoms. The summed E-state index contributed by atoms with van der Waals surface area (Å²) in [6.07, 6.45) is 1.00. The number of pyridine rings is 1. The van der Waals surface area contributed by atoms with Crippen molar-refractivity contribution in [3.05, 3.63) is 23.5 Å². The number of hydrogen-bond acceptors (Lipinski definition) is 5. The van der Waals surface area contributed by atoms with Crippen LogP contribution in [-0.2, 0) is 4.79 Å². The van der Waals surface area contributed by atoms with Gasteiger partial charge < -0.3 is 15.5 Å². The molecule has 0 saturated heterocycles. The average molecular weight is 276 g/mol. The largest absolute Gasteiger partial charge is 0.871 e. The van der Waals surface area contributed by atoms with E-state index in [1.165, 1.54) is 0 Å². The zero-order chi connectivity index (χ0) is 15.1. The molecule has 2 heterocycles. The van der Waals surface area contributed by atoms with Crippen LogP contribution in [0.25, 0.3) is 0 Å². The van der Waals surface area contributed by atoms with Crippen LogP contribution in [0.5, 0.6) is 5.75 Å². The molecule has 0 bridgehead atoms. The maximum Gasteiger partial charge on any atom is 0.338 e. The minimum atomic E-state index is -1.29. The van der Waals surface area contributed by atoms with Gasteiger partial charge in [-0.25, -0.2) is 9.79 Å². The monoisotopic (exact) mass is 276 g/mol. The normalized spacial score (nSPS) is 21.8. The molecule has 0 aliphatic carbocycles. The Morgan fingerprint density at radius 3 is 2.65 bits per heavy atom. The second kappa shape index (κ2) is 4.59. The lowest BCUT2D eigenvalue weighted by Crippen LogP contribution is -2.41. The molecule has 1 aromatic heterocycles. The van der Waals surface area contributed by atoms with Crippen molar-refractivity contribution in [1.29, 1.82) is 0 Å². The molecule has 7 heteroatoms. The molecule has 0 fully saturated rings. The van der Waals surface area contributed by atoms with Gasteiger partial charge in [-0.2, -0.15) is 0 Å². The molecule has 1 aromatic rings. The fourth-order valence-corrected chi connectivity index (χ4v) is 1.85. The van der Waals surface area contributed by atoms with E-state index in [4.69, 9.17) is 5.11 Å². The van der Waals surface area contributed by atoms with Gasteiger partial charge in [0.1, 0.15) is 11.2 Å². The Kier molecular flexibility index (Phi) is 3.21. The van der Waals surface area contributed by atoms with E-state index in [0.717, 1.165) is 12.3 Å². The molecule has 7 nitrogen and oxygen atoms in total. The second-order valence-electron chi connectivity index (χ2n) is 5.09. The van der Waals surface area contributed by atoms with Crippen LogP contribution in [0.1, 0.15) is 36.8 Å². The number of hydrogen-bond donors (Lipinski definition) is 2. The predicted molar refractivity (Wildman–Crippen MR) is 68.6 cm³/mol. The van der Waals surface area contributed by atoms with Crippen LogP contribution in [0.15, 0.2) is 17.3 Å². The lowest BCUT2D eigenvalue weighted by Gasteiger charge is -2.21. The number of nitrogens with one attached hydrogen (secondary N) is 1. The summed E-state index contributed by atoms with van der Waals surface area (Å²) in [6.45, 7) is 5.36. The summed E-state index contributed by atoms with van der Waals surface area (Å²) in [5, 5.41) is 22.9. The number of amidine groups is 1. The maximum absolute atomic E-state index is 12.0. The molecule has 2 N–H and O–H groups in total. The van der Waals surface area contributed by atoms with E-state index in [1.54, 1.807) is 6.92 Å². The van der Waals surface area contributed by atoms with Crippen molar-refractivity contribution in [2.75, 3.05) is 0 Å². The van der Waals surface area contributed by atoms with Crippen LogP contribution in [0.3, 0.4) is 0 Å². The number of aromatic nitrogens is 1. The number of nitrogens with zero attached hydrogens (tertiary/aromatic N) is 2. The van der Waals surface area contributed by atoms with Gasteiger partial charge in [0, 0.05) is 6.20 Å². The first kappa shape index (κ1) is 14.0. The second-order valence-corrected chi connectivity index (χ2v) is 5.09. The molecule has 1 aliphatic rings. The van der Waals surface area contributed by atoms with Crippen molar-refractivity contribution in [3.63, 3.8) is 0 Å². The van der Waals surface area contributed by atoms with Gasteiger partial charge in [0.05, 0.1) is 5.56 Å². The van der Waals surface area contributed by atoms with Gasteiger partial charge >= 0.3 is 5.97 Å². The number of carbonyl (C=O) groups excluding carboxylic acids is 1. The Labute approximate surface area is 115 Å². The molecular formula is C13H14N3O4-. The van der Waals surface area contributed by atoms with Gasteiger partial charge in [-0.1, -0.05) is 25.7 Å². The fraction of sp³-hybridized carbons (Fsp3) is 0.385. The summed E-state index contributed by atoms with van der Waals surface area (Å²) in [7, 11) is 0. The third kappa shape index (κ3) is 2.11.